The van der Waals surface area contributed by atoms with Gasteiger partial charge in [-0.05, 0) is 29.8 Å². The maximum Gasteiger partial charge on any atom is 0.310 e. The van der Waals surface area contributed by atoms with Crippen LogP contribution >= 0.6 is 0 Å². The second-order valence-corrected chi connectivity index (χ2v) is 4.38. The van der Waals surface area contributed by atoms with Crippen LogP contribution in [0.5, 0.6) is 0 Å². The largest absolute Gasteiger partial charge is 0.455 e. The highest BCUT2D eigenvalue weighted by Gasteiger charge is 2.09. The highest BCUT2D eigenvalue weighted by atomic mass is 19.1. The summed E-state index contributed by atoms with van der Waals surface area (Å²) in [6.07, 6.45) is -0.0730. The van der Waals surface area contributed by atoms with Crippen molar-refractivity contribution in [1.82, 2.24) is 0 Å². The molecule has 0 spiro atoms. The van der Waals surface area contributed by atoms with E-state index in [0.717, 1.165) is 0 Å². The molecule has 0 fully saturated rings. The van der Waals surface area contributed by atoms with E-state index in [-0.39, 0.29) is 13.0 Å². The third kappa shape index (κ3) is 5.06. The summed E-state index contributed by atoms with van der Waals surface area (Å²) >= 11 is 0. The van der Waals surface area contributed by atoms with Crippen molar-refractivity contribution >= 4 is 17.6 Å². The average Bonchev–Trinajstić information content (AvgIpc) is 2.46. The molecule has 1 N–H and O–H groups in total. The Labute approximate surface area is 121 Å². The number of benzene rings is 2. The zero-order chi connectivity index (χ0) is 15.1. The Morgan fingerprint density at radius 3 is 2.52 bits per heavy atom. The molecule has 0 atom stereocenters. The van der Waals surface area contributed by atoms with E-state index in [4.69, 9.17) is 4.74 Å². The van der Waals surface area contributed by atoms with Crippen LogP contribution in [0.4, 0.5) is 10.1 Å². The molecule has 1 amide bonds. The van der Waals surface area contributed by atoms with Crippen LogP contribution in [0.25, 0.3) is 0 Å². The summed E-state index contributed by atoms with van der Waals surface area (Å²) in [5.41, 5.74) is 1.13. The molecule has 2 rings (SSSR count). The highest BCUT2D eigenvalue weighted by Crippen LogP contribution is 2.06. The quantitative estimate of drug-likeness (QED) is 0.860. The lowest BCUT2D eigenvalue weighted by Gasteiger charge is -2.06. The van der Waals surface area contributed by atoms with Crippen LogP contribution in [0.15, 0.2) is 54.6 Å². The number of hydrogen-bond donors (Lipinski definition) is 1. The normalized spacial score (nSPS) is 9.95. The van der Waals surface area contributed by atoms with E-state index in [1.807, 2.05) is 6.07 Å². The van der Waals surface area contributed by atoms with Crippen LogP contribution in [0.1, 0.15) is 5.56 Å². The van der Waals surface area contributed by atoms with Gasteiger partial charge in [0, 0.05) is 5.69 Å². The van der Waals surface area contributed by atoms with E-state index in [1.165, 1.54) is 18.2 Å². The molecule has 0 aliphatic rings. The third-order valence-electron chi connectivity index (χ3n) is 2.66. The van der Waals surface area contributed by atoms with Crippen LogP contribution in [-0.2, 0) is 20.7 Å². The van der Waals surface area contributed by atoms with E-state index in [1.54, 1.807) is 30.3 Å². The molecule has 0 aliphatic heterocycles. The van der Waals surface area contributed by atoms with Crippen molar-refractivity contribution in [1.29, 1.82) is 0 Å². The minimum absolute atomic E-state index is 0.0730. The van der Waals surface area contributed by atoms with Crippen LogP contribution in [0.2, 0.25) is 0 Å². The number of carbonyl (C=O) groups excluding carboxylic acids is 2. The minimum Gasteiger partial charge on any atom is -0.455 e. The van der Waals surface area contributed by atoms with Gasteiger partial charge in [-0.15, -0.1) is 0 Å². The van der Waals surface area contributed by atoms with Crippen molar-refractivity contribution in [3.63, 3.8) is 0 Å². The Morgan fingerprint density at radius 2 is 1.81 bits per heavy atom. The number of carbonyl (C=O) groups is 2. The molecule has 0 aliphatic carbocycles. The lowest BCUT2D eigenvalue weighted by Crippen LogP contribution is -2.21. The Bertz CT molecular complexity index is 628. The Balaban J connectivity index is 1.77. The molecular formula is C16H14FNO3. The SMILES string of the molecule is O=C(COC(=O)Cc1cccc(F)c1)Nc1ccccc1. The molecule has 5 heteroatoms. The number of ether oxygens (including phenoxy) is 1. The van der Waals surface area contributed by atoms with Crippen molar-refractivity contribution in [2.75, 3.05) is 11.9 Å². The summed E-state index contributed by atoms with van der Waals surface area (Å²) in [4.78, 5) is 23.1. The fourth-order valence-electron chi connectivity index (χ4n) is 1.73. The predicted octanol–water partition coefficient (Wildman–Crippen LogP) is 2.55. The number of rotatable bonds is 5. The van der Waals surface area contributed by atoms with Crippen molar-refractivity contribution in [3.05, 3.63) is 66.0 Å². The van der Waals surface area contributed by atoms with Gasteiger partial charge in [-0.25, -0.2) is 4.39 Å². The highest BCUT2D eigenvalue weighted by molar-refractivity contribution is 5.92. The molecule has 0 saturated heterocycles. The lowest BCUT2D eigenvalue weighted by atomic mass is 10.1. The first-order chi connectivity index (χ1) is 10.1. The van der Waals surface area contributed by atoms with Crippen LogP contribution in [0.3, 0.4) is 0 Å². The summed E-state index contributed by atoms with van der Waals surface area (Å²) in [7, 11) is 0. The van der Waals surface area contributed by atoms with Gasteiger partial charge in [0.25, 0.3) is 5.91 Å². The summed E-state index contributed by atoms with van der Waals surface area (Å²) < 4.78 is 17.8. The van der Waals surface area contributed by atoms with Gasteiger partial charge in [0.15, 0.2) is 6.61 Å². The standard InChI is InChI=1S/C16H14FNO3/c17-13-6-4-5-12(9-13)10-16(20)21-11-15(19)18-14-7-2-1-3-8-14/h1-9H,10-11H2,(H,18,19). The van der Waals surface area contributed by atoms with Gasteiger partial charge >= 0.3 is 5.97 Å². The molecule has 2 aromatic rings. The monoisotopic (exact) mass is 287 g/mol. The van der Waals surface area contributed by atoms with Crippen LogP contribution in [-0.4, -0.2) is 18.5 Å². The topological polar surface area (TPSA) is 55.4 Å². The predicted molar refractivity (Wildman–Crippen MR) is 76.1 cm³/mol. The number of nitrogens with one attached hydrogen (secondary N) is 1. The van der Waals surface area contributed by atoms with Gasteiger partial charge in [-0.2, -0.15) is 0 Å². The molecule has 0 radical (unpaired) electrons. The zero-order valence-electron chi connectivity index (χ0n) is 11.2. The number of amides is 1. The van der Waals surface area contributed by atoms with E-state index in [0.29, 0.717) is 11.3 Å². The van der Waals surface area contributed by atoms with Gasteiger partial charge in [-0.1, -0.05) is 30.3 Å². The fraction of sp³-hybridized carbons (Fsp3) is 0.125. The molecule has 21 heavy (non-hydrogen) atoms. The molecule has 0 heterocycles. The van der Waals surface area contributed by atoms with Crippen molar-refractivity contribution in [2.45, 2.75) is 6.42 Å². The molecule has 4 nitrogen and oxygen atoms in total. The maximum atomic E-state index is 13.0. The molecule has 0 aromatic heterocycles. The molecule has 0 saturated carbocycles. The summed E-state index contributed by atoms with van der Waals surface area (Å²) in [6, 6.07) is 14.5. The van der Waals surface area contributed by atoms with Gasteiger partial charge in [-0.3, -0.25) is 9.59 Å². The van der Waals surface area contributed by atoms with E-state index < -0.39 is 17.7 Å². The molecule has 2 aromatic carbocycles. The van der Waals surface area contributed by atoms with Crippen LogP contribution in [0, 0.1) is 5.82 Å². The second-order valence-electron chi connectivity index (χ2n) is 4.38. The van der Waals surface area contributed by atoms with E-state index in [2.05, 4.69) is 5.32 Å². The van der Waals surface area contributed by atoms with E-state index >= 15 is 0 Å². The number of anilines is 1. The van der Waals surface area contributed by atoms with Crippen LogP contribution < -0.4 is 5.32 Å². The number of para-hydroxylation sites is 1. The smallest absolute Gasteiger partial charge is 0.310 e. The summed E-state index contributed by atoms with van der Waals surface area (Å²) in [5.74, 6) is -1.42. The Morgan fingerprint density at radius 1 is 1.05 bits per heavy atom. The number of esters is 1. The van der Waals surface area contributed by atoms with Gasteiger partial charge < -0.3 is 10.1 Å². The number of halogens is 1. The third-order valence-corrected chi connectivity index (χ3v) is 2.66. The Kier molecular flexibility index (Phi) is 5.04. The van der Waals surface area contributed by atoms with Crippen molar-refractivity contribution < 1.29 is 18.7 Å². The molecule has 0 bridgehead atoms. The summed E-state index contributed by atoms with van der Waals surface area (Å²) in [6.45, 7) is -0.372. The average molecular weight is 287 g/mol. The van der Waals surface area contributed by atoms with Crippen molar-refractivity contribution in [2.24, 2.45) is 0 Å². The maximum absolute atomic E-state index is 13.0. The first-order valence-electron chi connectivity index (χ1n) is 6.38. The van der Waals surface area contributed by atoms with Gasteiger partial charge in [0.05, 0.1) is 6.42 Å². The van der Waals surface area contributed by atoms with E-state index in [9.17, 15) is 14.0 Å². The van der Waals surface area contributed by atoms with Gasteiger partial charge in [0.1, 0.15) is 5.82 Å². The molecule has 0 unspecified atom stereocenters. The minimum atomic E-state index is -0.580. The van der Waals surface area contributed by atoms with Gasteiger partial charge in [0.2, 0.25) is 0 Å². The second kappa shape index (κ2) is 7.19. The van der Waals surface area contributed by atoms with Crippen molar-refractivity contribution in [3.8, 4) is 0 Å². The first-order valence-corrected chi connectivity index (χ1v) is 6.38. The molecule has 108 valence electrons. The first kappa shape index (κ1) is 14.7. The fourth-order valence-corrected chi connectivity index (χ4v) is 1.73. The lowest BCUT2D eigenvalue weighted by molar-refractivity contribution is -0.146. The molecular weight excluding hydrogens is 273 g/mol. The Hall–Kier alpha value is -2.69. The zero-order valence-corrected chi connectivity index (χ0v) is 11.2. The summed E-state index contributed by atoms with van der Waals surface area (Å²) in [5, 5.41) is 2.59. The number of hydrogen-bond acceptors (Lipinski definition) is 3.